The van der Waals surface area contributed by atoms with Gasteiger partial charge in [-0.25, -0.2) is 0 Å². The molecule has 164 valence electrons. The Hall–Kier alpha value is -3.03. The number of rotatable bonds is 1. The highest BCUT2D eigenvalue weighted by Gasteiger charge is 2.52. The van der Waals surface area contributed by atoms with Gasteiger partial charge in [0.05, 0.1) is 24.1 Å². The van der Waals surface area contributed by atoms with E-state index < -0.39 is 0 Å². The first-order valence-electron chi connectivity index (χ1n) is 11.3. The van der Waals surface area contributed by atoms with Crippen LogP contribution in [0.5, 0.6) is 11.5 Å². The molecule has 0 radical (unpaired) electrons. The number of carbonyl (C=O) groups is 1. The molecule has 2 fully saturated rings. The lowest BCUT2D eigenvalue weighted by Crippen LogP contribution is -2.54. The van der Waals surface area contributed by atoms with Crippen LogP contribution in [0.4, 0.5) is 0 Å². The van der Waals surface area contributed by atoms with Crippen LogP contribution in [0.1, 0.15) is 30.6 Å². The highest BCUT2D eigenvalue weighted by atomic mass is 16.7. The molecule has 7 heteroatoms. The number of aromatic nitrogens is 1. The smallest absolute Gasteiger partial charge is 0.231 e. The minimum atomic E-state index is -0.0696. The quantitative estimate of drug-likeness (QED) is 0.637. The van der Waals surface area contributed by atoms with E-state index in [4.69, 9.17) is 14.3 Å². The van der Waals surface area contributed by atoms with Crippen molar-refractivity contribution >= 4 is 16.8 Å². The zero-order valence-electron chi connectivity index (χ0n) is 18.1. The summed E-state index contributed by atoms with van der Waals surface area (Å²) in [6.07, 6.45) is 1.70. The van der Waals surface area contributed by atoms with E-state index in [0.717, 1.165) is 47.5 Å². The van der Waals surface area contributed by atoms with E-state index >= 15 is 0 Å². The fourth-order valence-electron chi connectivity index (χ4n) is 6.16. The number of benzene rings is 2. The number of H-pyrrole nitrogens is 1. The summed E-state index contributed by atoms with van der Waals surface area (Å²) in [4.78, 5) is 25.0. The normalized spacial score (nSPS) is 28.7. The van der Waals surface area contributed by atoms with Crippen molar-refractivity contribution in [2.24, 2.45) is 5.92 Å². The lowest BCUT2D eigenvalue weighted by Gasteiger charge is -2.44. The molecule has 0 unspecified atom stereocenters. The minimum absolute atomic E-state index is 0.0631. The fraction of sp³-hybridized carbons (Fsp3) is 0.400. The number of hydroxylamine groups is 2. The van der Waals surface area contributed by atoms with E-state index in [0.29, 0.717) is 0 Å². The van der Waals surface area contributed by atoms with Gasteiger partial charge in [-0.2, -0.15) is 5.06 Å². The van der Waals surface area contributed by atoms with Gasteiger partial charge in [0.25, 0.3) is 0 Å². The number of carbonyl (C=O) groups excluding carboxylic acids is 1. The Balaban J connectivity index is 1.29. The molecule has 1 amide bonds. The van der Waals surface area contributed by atoms with Crippen molar-refractivity contribution in [2.45, 2.75) is 38.0 Å². The third-order valence-corrected chi connectivity index (χ3v) is 7.71. The van der Waals surface area contributed by atoms with E-state index in [2.05, 4.69) is 34.1 Å². The molecule has 2 saturated heterocycles. The van der Waals surface area contributed by atoms with Crippen molar-refractivity contribution in [3.05, 3.63) is 47.7 Å². The lowest BCUT2D eigenvalue weighted by atomic mass is 9.80. The third-order valence-electron chi connectivity index (χ3n) is 7.71. The molecule has 4 aliphatic rings. The maximum Gasteiger partial charge on any atom is 0.231 e. The molecule has 4 aliphatic heterocycles. The van der Waals surface area contributed by atoms with Gasteiger partial charge >= 0.3 is 0 Å². The molecular weight excluding hydrogens is 406 g/mol. The van der Waals surface area contributed by atoms with Crippen LogP contribution >= 0.6 is 0 Å². The van der Waals surface area contributed by atoms with Gasteiger partial charge in [0.2, 0.25) is 12.7 Å². The van der Waals surface area contributed by atoms with Crippen molar-refractivity contribution in [1.82, 2.24) is 14.9 Å². The summed E-state index contributed by atoms with van der Waals surface area (Å²) >= 11 is 0. The third kappa shape index (κ3) is 2.46. The number of nitrogens with one attached hydrogen (secondary N) is 1. The molecule has 0 spiro atoms. The lowest BCUT2D eigenvalue weighted by molar-refractivity contribution is -0.146. The Morgan fingerprint density at radius 1 is 1.06 bits per heavy atom. The van der Waals surface area contributed by atoms with Gasteiger partial charge in [-0.15, -0.1) is 0 Å². The standard InChI is InChI=1S/C25H25N3O4/c1-13-23-19(27(2)32-13)11-20-24-16(7-8-28(20)25(23)29)17-9-14(3-5-18(17)26-24)15-4-6-21-22(10-15)31-12-30-21/h3-6,9-10,13,19-20,23,26H,7-8,11-12H2,1-2H3/t13-,19-,20-,23-/m0/s1. The number of piperidine rings is 1. The molecule has 7 rings (SSSR count). The van der Waals surface area contributed by atoms with Crippen molar-refractivity contribution < 1.29 is 19.1 Å². The van der Waals surface area contributed by atoms with Crippen molar-refractivity contribution in [1.29, 1.82) is 0 Å². The summed E-state index contributed by atoms with van der Waals surface area (Å²) in [5.74, 6) is 1.75. The minimum Gasteiger partial charge on any atom is -0.454 e. The zero-order valence-corrected chi connectivity index (χ0v) is 18.1. The number of hydrogen-bond donors (Lipinski definition) is 1. The average Bonchev–Trinajstić information content (AvgIpc) is 3.48. The zero-order chi connectivity index (χ0) is 21.6. The summed E-state index contributed by atoms with van der Waals surface area (Å²) in [5.41, 5.74) is 5.91. The molecule has 1 aromatic heterocycles. The number of aromatic amines is 1. The van der Waals surface area contributed by atoms with Crippen LogP contribution in [-0.2, 0) is 16.1 Å². The maximum atomic E-state index is 13.3. The molecule has 1 N–H and O–H groups in total. The number of nitrogens with zero attached hydrogens (tertiary/aromatic N) is 2. The number of ether oxygens (including phenoxy) is 2. The van der Waals surface area contributed by atoms with Crippen molar-refractivity contribution in [3.8, 4) is 22.6 Å². The SMILES string of the molecule is C[C@@H]1ON(C)[C@H]2C[C@H]3c4[nH]c5ccc(-c6ccc7c(c6)OCO7)cc5c4CCN3C(=O)[C@@H]12. The largest absolute Gasteiger partial charge is 0.454 e. The van der Waals surface area contributed by atoms with Crippen LogP contribution in [-0.4, -0.2) is 53.4 Å². The Kier molecular flexibility index (Phi) is 3.76. The van der Waals surface area contributed by atoms with E-state index in [-0.39, 0.29) is 36.8 Å². The van der Waals surface area contributed by atoms with Crippen LogP contribution in [0.2, 0.25) is 0 Å². The topological polar surface area (TPSA) is 67.0 Å². The van der Waals surface area contributed by atoms with Crippen molar-refractivity contribution in [2.75, 3.05) is 20.4 Å². The van der Waals surface area contributed by atoms with Crippen LogP contribution < -0.4 is 9.47 Å². The van der Waals surface area contributed by atoms with Crippen molar-refractivity contribution in [3.63, 3.8) is 0 Å². The van der Waals surface area contributed by atoms with Gasteiger partial charge in [-0.3, -0.25) is 9.63 Å². The molecule has 0 bridgehead atoms. The second-order valence-corrected chi connectivity index (χ2v) is 9.33. The second-order valence-electron chi connectivity index (χ2n) is 9.33. The summed E-state index contributed by atoms with van der Waals surface area (Å²) in [5, 5.41) is 3.15. The number of hydrogen-bond acceptors (Lipinski definition) is 5. The Bertz CT molecular complexity index is 1270. The predicted octanol–water partition coefficient (Wildman–Crippen LogP) is 3.64. The highest BCUT2D eigenvalue weighted by molar-refractivity contribution is 5.91. The first-order valence-corrected chi connectivity index (χ1v) is 11.3. The Labute approximate surface area is 185 Å². The molecule has 5 heterocycles. The highest BCUT2D eigenvalue weighted by Crippen LogP contribution is 2.46. The van der Waals surface area contributed by atoms with Crippen LogP contribution in [0.15, 0.2) is 36.4 Å². The van der Waals surface area contributed by atoms with Gasteiger partial charge in [-0.1, -0.05) is 12.1 Å². The monoisotopic (exact) mass is 431 g/mol. The molecule has 2 aromatic carbocycles. The van der Waals surface area contributed by atoms with E-state index in [1.165, 1.54) is 16.6 Å². The summed E-state index contributed by atoms with van der Waals surface area (Å²) in [6, 6.07) is 12.8. The Morgan fingerprint density at radius 3 is 2.78 bits per heavy atom. The van der Waals surface area contributed by atoms with Gasteiger partial charge < -0.3 is 19.4 Å². The maximum absolute atomic E-state index is 13.3. The molecule has 7 nitrogen and oxygen atoms in total. The van der Waals surface area contributed by atoms with Crippen LogP contribution in [0.3, 0.4) is 0 Å². The second kappa shape index (κ2) is 6.49. The van der Waals surface area contributed by atoms with E-state index in [9.17, 15) is 4.79 Å². The molecule has 3 aromatic rings. The average molecular weight is 431 g/mol. The first-order chi connectivity index (χ1) is 15.6. The van der Waals surface area contributed by atoms with Gasteiger partial charge in [-0.05, 0) is 60.7 Å². The van der Waals surface area contributed by atoms with Crippen LogP contribution in [0, 0.1) is 5.92 Å². The first kappa shape index (κ1) is 18.5. The fourth-order valence-corrected chi connectivity index (χ4v) is 6.16. The van der Waals surface area contributed by atoms with E-state index in [1.807, 2.05) is 31.2 Å². The molecule has 4 atom stereocenters. The predicted molar refractivity (Wildman–Crippen MR) is 118 cm³/mol. The molecule has 0 saturated carbocycles. The Morgan fingerprint density at radius 2 is 1.88 bits per heavy atom. The van der Waals surface area contributed by atoms with E-state index in [1.54, 1.807) is 0 Å². The van der Waals surface area contributed by atoms with Crippen LogP contribution in [0.25, 0.3) is 22.0 Å². The summed E-state index contributed by atoms with van der Waals surface area (Å²) < 4.78 is 11.0. The van der Waals surface area contributed by atoms with Gasteiger partial charge in [0.15, 0.2) is 11.5 Å². The number of fused-ring (bicyclic) bond motifs is 7. The summed E-state index contributed by atoms with van der Waals surface area (Å²) in [7, 11) is 1.96. The summed E-state index contributed by atoms with van der Waals surface area (Å²) in [6.45, 7) is 3.05. The molecular formula is C25H25N3O4. The molecule has 0 aliphatic carbocycles. The van der Waals surface area contributed by atoms with Gasteiger partial charge in [0, 0.05) is 30.2 Å². The molecule has 32 heavy (non-hydrogen) atoms. The number of amides is 1. The van der Waals surface area contributed by atoms with Gasteiger partial charge in [0.1, 0.15) is 0 Å².